The van der Waals surface area contributed by atoms with E-state index in [0.29, 0.717) is 11.4 Å². The van der Waals surface area contributed by atoms with Gasteiger partial charge in [-0.25, -0.2) is 4.39 Å². The number of oxime groups is 1. The summed E-state index contributed by atoms with van der Waals surface area (Å²) in [7, 11) is 2.48. The molecule has 2 heterocycles. The van der Waals surface area contributed by atoms with Crippen LogP contribution >= 0.6 is 0 Å². The number of fused-ring (bicyclic) bond motifs is 1. The maximum atomic E-state index is 14.1. The number of aromatic nitrogens is 1. The Morgan fingerprint density at radius 1 is 1.23 bits per heavy atom. The Labute approximate surface area is 204 Å². The number of hydrogen-bond acceptors (Lipinski definition) is 8. The molecule has 0 spiro atoms. The summed E-state index contributed by atoms with van der Waals surface area (Å²) in [6.45, 7) is 4.33. The summed E-state index contributed by atoms with van der Waals surface area (Å²) in [4.78, 5) is 36.2. The van der Waals surface area contributed by atoms with Crippen LogP contribution in [0.5, 0.6) is 0 Å². The number of carbonyl (C=O) groups is 2. The largest absolute Gasteiger partial charge is 0.466 e. The zero-order valence-electron chi connectivity index (χ0n) is 20.7. The normalized spacial score (nSPS) is 18.8. The highest BCUT2D eigenvalue weighted by molar-refractivity contribution is 6.11. The van der Waals surface area contributed by atoms with Crippen LogP contribution in [-0.2, 0) is 28.6 Å². The third-order valence-electron chi connectivity index (χ3n) is 6.40. The Kier molecular flexibility index (Phi) is 8.39. The average molecular weight is 490 g/mol. The minimum atomic E-state index is -1.89. The van der Waals surface area contributed by atoms with Crippen molar-refractivity contribution in [2.75, 3.05) is 27.5 Å². The van der Waals surface area contributed by atoms with Gasteiger partial charge in [-0.05, 0) is 18.4 Å². The van der Waals surface area contributed by atoms with Crippen molar-refractivity contribution in [2.24, 2.45) is 11.1 Å². The Morgan fingerprint density at radius 3 is 2.57 bits per heavy atom. The number of amides is 1. The van der Waals surface area contributed by atoms with Crippen molar-refractivity contribution in [3.8, 4) is 0 Å². The Hall–Kier alpha value is -3.11. The lowest BCUT2D eigenvalue weighted by Gasteiger charge is -2.38. The fraction of sp³-hybridized carbons (Fsp3) is 0.520. The number of esters is 1. The smallest absolute Gasteiger partial charge is 0.308 e. The molecule has 190 valence electrons. The molecule has 1 aliphatic rings. The monoisotopic (exact) mass is 489 g/mol. The highest BCUT2D eigenvalue weighted by Gasteiger charge is 2.52. The van der Waals surface area contributed by atoms with E-state index in [-0.39, 0.29) is 25.4 Å². The van der Waals surface area contributed by atoms with Gasteiger partial charge in [0.25, 0.3) is 5.91 Å². The van der Waals surface area contributed by atoms with E-state index in [9.17, 15) is 14.0 Å². The second-order valence-electron chi connectivity index (χ2n) is 8.62. The molecule has 0 aliphatic carbocycles. The van der Waals surface area contributed by atoms with Gasteiger partial charge in [-0.3, -0.25) is 14.6 Å². The number of ether oxygens (including phenoxy) is 3. The molecule has 0 radical (unpaired) electrons. The van der Waals surface area contributed by atoms with Crippen LogP contribution in [0.3, 0.4) is 0 Å². The highest BCUT2D eigenvalue weighted by atomic mass is 19.1. The fourth-order valence-corrected chi connectivity index (χ4v) is 4.17. The van der Waals surface area contributed by atoms with Gasteiger partial charge < -0.3 is 24.4 Å². The minimum Gasteiger partial charge on any atom is -0.466 e. The summed E-state index contributed by atoms with van der Waals surface area (Å²) in [6.07, 6.45) is 1.45. The Morgan fingerprint density at radius 2 is 1.94 bits per heavy atom. The van der Waals surface area contributed by atoms with Crippen LogP contribution in [0.1, 0.15) is 39.3 Å². The first kappa shape index (κ1) is 26.5. The number of nitrogens with one attached hydrogen (secondary N) is 1. The first-order valence-corrected chi connectivity index (χ1v) is 11.5. The van der Waals surface area contributed by atoms with Crippen molar-refractivity contribution in [1.82, 2.24) is 10.3 Å². The third kappa shape index (κ3) is 5.13. The molecule has 9 nitrogen and oxygen atoms in total. The maximum absolute atomic E-state index is 14.1. The second-order valence-corrected chi connectivity index (χ2v) is 8.62. The number of hydrogen-bond donors (Lipinski definition) is 1. The van der Waals surface area contributed by atoms with Gasteiger partial charge in [-0.1, -0.05) is 43.3 Å². The molecule has 0 saturated carbocycles. The molecule has 2 atom stereocenters. The van der Waals surface area contributed by atoms with E-state index in [1.807, 2.05) is 44.2 Å². The molecule has 1 unspecified atom stereocenters. The van der Waals surface area contributed by atoms with E-state index in [1.165, 1.54) is 14.2 Å². The summed E-state index contributed by atoms with van der Waals surface area (Å²) < 4.78 is 29.7. The molecule has 0 saturated heterocycles. The van der Waals surface area contributed by atoms with Crippen molar-refractivity contribution in [3.63, 3.8) is 0 Å². The van der Waals surface area contributed by atoms with Gasteiger partial charge in [0, 0.05) is 38.1 Å². The van der Waals surface area contributed by atoms with E-state index in [1.54, 1.807) is 13.1 Å². The standard InChI is InChI=1S/C25H32FN3O6/c1-6-34-21(30)13-20(25(15-26,32-4)33-5)28-23(31)24(16(2)3)14-19(29-35-24)22-18-10-8-7-9-17(18)11-12-27-22/h7-12,16,20H,6,13-15H2,1-5H3,(H,28,31)/t20?,24-/m0/s1. The van der Waals surface area contributed by atoms with Gasteiger partial charge in [-0.15, -0.1) is 0 Å². The summed E-state index contributed by atoms with van der Waals surface area (Å²) >= 11 is 0. The van der Waals surface area contributed by atoms with E-state index in [4.69, 9.17) is 19.0 Å². The zero-order chi connectivity index (χ0) is 25.6. The zero-order valence-corrected chi connectivity index (χ0v) is 20.7. The quantitative estimate of drug-likeness (QED) is 0.382. The number of carbonyl (C=O) groups excluding carboxylic acids is 2. The number of methoxy groups -OCH3 is 2. The average Bonchev–Trinajstić information content (AvgIpc) is 3.32. The number of nitrogens with zero attached hydrogens (tertiary/aromatic N) is 2. The van der Waals surface area contributed by atoms with E-state index in [0.717, 1.165) is 10.8 Å². The van der Waals surface area contributed by atoms with Crippen LogP contribution in [0, 0.1) is 5.92 Å². The van der Waals surface area contributed by atoms with Crippen molar-refractivity contribution in [3.05, 3.63) is 42.2 Å². The highest BCUT2D eigenvalue weighted by Crippen LogP contribution is 2.36. The van der Waals surface area contributed by atoms with Gasteiger partial charge in [0.1, 0.15) is 12.4 Å². The van der Waals surface area contributed by atoms with Crippen molar-refractivity contribution >= 4 is 28.4 Å². The molecule has 1 aromatic carbocycles. The van der Waals surface area contributed by atoms with Crippen LogP contribution < -0.4 is 5.32 Å². The Bertz CT molecular complexity index is 1070. The molecule has 2 aromatic rings. The van der Waals surface area contributed by atoms with Crippen molar-refractivity contribution in [2.45, 2.75) is 51.0 Å². The minimum absolute atomic E-state index is 0.131. The van der Waals surface area contributed by atoms with E-state index >= 15 is 0 Å². The molecule has 0 fully saturated rings. The summed E-state index contributed by atoms with van der Waals surface area (Å²) in [5.41, 5.74) is -0.277. The van der Waals surface area contributed by atoms with Gasteiger partial charge in [0.2, 0.25) is 11.4 Å². The maximum Gasteiger partial charge on any atom is 0.308 e. The second kappa shape index (κ2) is 11.1. The lowest BCUT2D eigenvalue weighted by atomic mass is 9.83. The lowest BCUT2D eigenvalue weighted by molar-refractivity contribution is -0.236. The molecule has 3 rings (SSSR count). The summed E-state index contributed by atoms with van der Waals surface area (Å²) in [5, 5.41) is 8.83. The molecule has 1 N–H and O–H groups in total. The Balaban J connectivity index is 1.91. The van der Waals surface area contributed by atoms with E-state index < -0.39 is 36.0 Å². The van der Waals surface area contributed by atoms with Gasteiger partial charge >= 0.3 is 5.97 Å². The predicted molar refractivity (Wildman–Crippen MR) is 127 cm³/mol. The first-order valence-electron chi connectivity index (χ1n) is 11.5. The number of rotatable bonds is 11. The van der Waals surface area contributed by atoms with Crippen LogP contribution in [0.2, 0.25) is 0 Å². The van der Waals surface area contributed by atoms with Gasteiger partial charge in [-0.2, -0.15) is 0 Å². The van der Waals surface area contributed by atoms with Crippen molar-refractivity contribution < 1.29 is 33.0 Å². The SMILES string of the molecule is CCOC(=O)CC(NC(=O)[C@@]1(C(C)C)CC(c2nccc3ccccc23)=NO1)C(CF)(OC)OC. The topological polar surface area (TPSA) is 108 Å². The molecule has 1 amide bonds. The number of alkyl halides is 1. The fourth-order valence-electron chi connectivity index (χ4n) is 4.17. The van der Waals surface area contributed by atoms with Crippen LogP contribution in [0.25, 0.3) is 10.8 Å². The van der Waals surface area contributed by atoms with Gasteiger partial charge in [0.15, 0.2) is 0 Å². The predicted octanol–water partition coefficient (Wildman–Crippen LogP) is 3.15. The molecule has 1 aromatic heterocycles. The summed E-state index contributed by atoms with van der Waals surface area (Å²) in [6, 6.07) is 8.43. The summed E-state index contributed by atoms with van der Waals surface area (Å²) in [5.74, 6) is -3.42. The van der Waals surface area contributed by atoms with Crippen LogP contribution in [0.4, 0.5) is 4.39 Å². The van der Waals surface area contributed by atoms with Crippen LogP contribution in [-0.4, -0.2) is 67.5 Å². The lowest BCUT2D eigenvalue weighted by Crippen LogP contribution is -2.62. The van der Waals surface area contributed by atoms with Crippen molar-refractivity contribution in [1.29, 1.82) is 0 Å². The first-order chi connectivity index (χ1) is 16.8. The number of pyridine rings is 1. The third-order valence-corrected chi connectivity index (χ3v) is 6.40. The van der Waals surface area contributed by atoms with Crippen LogP contribution in [0.15, 0.2) is 41.7 Å². The molecular formula is C25H32FN3O6. The molecule has 35 heavy (non-hydrogen) atoms. The molecule has 0 bridgehead atoms. The van der Waals surface area contributed by atoms with E-state index in [2.05, 4.69) is 15.5 Å². The molecule has 1 aliphatic heterocycles. The van der Waals surface area contributed by atoms with Gasteiger partial charge in [0.05, 0.1) is 24.8 Å². The molecular weight excluding hydrogens is 457 g/mol. The molecule has 10 heteroatoms. The number of benzene rings is 1. The number of halogens is 1.